The molecule has 0 amide bonds. The first kappa shape index (κ1) is 16.7. The highest BCUT2D eigenvalue weighted by Gasteiger charge is 2.24. The average Bonchev–Trinajstić information content (AvgIpc) is 2.61. The minimum atomic E-state index is 0.0678. The van der Waals surface area contributed by atoms with E-state index in [1.807, 2.05) is 0 Å². The van der Waals surface area contributed by atoms with E-state index in [1.54, 1.807) is 0 Å². The van der Waals surface area contributed by atoms with E-state index < -0.39 is 0 Å². The van der Waals surface area contributed by atoms with Crippen molar-refractivity contribution in [2.75, 3.05) is 26.4 Å². The molecule has 2 aliphatic heterocycles. The molecule has 3 fully saturated rings. The van der Waals surface area contributed by atoms with Crippen LogP contribution in [0.15, 0.2) is 0 Å². The zero-order valence-corrected chi connectivity index (χ0v) is 13.8. The summed E-state index contributed by atoms with van der Waals surface area (Å²) in [6.45, 7) is 3.50. The van der Waals surface area contributed by atoms with Crippen molar-refractivity contribution in [2.45, 2.75) is 76.8 Å². The standard InChI is InChI=1S/C18H32O4/c1-3-11-19-17(5-1)21-13-15-7-9-16(10-8-15)14-22-18-6-2-4-12-20-18/h15-18H,1-14H2. The van der Waals surface area contributed by atoms with Crippen LogP contribution >= 0.6 is 0 Å². The summed E-state index contributed by atoms with van der Waals surface area (Å²) in [6.07, 6.45) is 12.2. The summed E-state index contributed by atoms with van der Waals surface area (Å²) in [7, 11) is 0. The van der Waals surface area contributed by atoms with Crippen LogP contribution in [0.1, 0.15) is 64.2 Å². The Morgan fingerprint density at radius 1 is 0.591 bits per heavy atom. The average molecular weight is 312 g/mol. The highest BCUT2D eigenvalue weighted by atomic mass is 16.7. The molecule has 4 nitrogen and oxygen atoms in total. The third kappa shape index (κ3) is 5.48. The van der Waals surface area contributed by atoms with E-state index in [9.17, 15) is 0 Å². The predicted molar refractivity (Wildman–Crippen MR) is 84.5 cm³/mol. The van der Waals surface area contributed by atoms with Crippen LogP contribution in [-0.4, -0.2) is 39.0 Å². The Balaban J connectivity index is 1.25. The maximum absolute atomic E-state index is 5.94. The Morgan fingerprint density at radius 2 is 1.05 bits per heavy atom. The fourth-order valence-corrected chi connectivity index (χ4v) is 3.74. The minimum Gasteiger partial charge on any atom is -0.353 e. The lowest BCUT2D eigenvalue weighted by molar-refractivity contribution is -0.176. The zero-order chi connectivity index (χ0) is 15.0. The van der Waals surface area contributed by atoms with Gasteiger partial charge >= 0.3 is 0 Å². The Labute approximate surface area is 134 Å². The molecule has 0 N–H and O–H groups in total. The number of rotatable bonds is 6. The highest BCUT2D eigenvalue weighted by molar-refractivity contribution is 4.73. The smallest absolute Gasteiger partial charge is 0.157 e. The lowest BCUT2D eigenvalue weighted by Crippen LogP contribution is -2.29. The Morgan fingerprint density at radius 3 is 1.41 bits per heavy atom. The summed E-state index contributed by atoms with van der Waals surface area (Å²) in [4.78, 5) is 0. The fraction of sp³-hybridized carbons (Fsp3) is 1.00. The second-order valence-corrected chi connectivity index (χ2v) is 7.15. The van der Waals surface area contributed by atoms with Gasteiger partial charge in [-0.15, -0.1) is 0 Å². The van der Waals surface area contributed by atoms with Crippen LogP contribution in [0.5, 0.6) is 0 Å². The van der Waals surface area contributed by atoms with Gasteiger partial charge < -0.3 is 18.9 Å². The molecular weight excluding hydrogens is 280 g/mol. The van der Waals surface area contributed by atoms with Crippen molar-refractivity contribution in [1.82, 2.24) is 0 Å². The van der Waals surface area contributed by atoms with Crippen LogP contribution in [0.2, 0.25) is 0 Å². The third-order valence-electron chi connectivity index (χ3n) is 5.28. The van der Waals surface area contributed by atoms with Gasteiger partial charge in [-0.25, -0.2) is 0 Å². The van der Waals surface area contributed by atoms with Gasteiger partial charge in [-0.2, -0.15) is 0 Å². The first-order valence-electron chi connectivity index (χ1n) is 9.36. The summed E-state index contributed by atoms with van der Waals surface area (Å²) in [5.41, 5.74) is 0. The number of ether oxygens (including phenoxy) is 4. The van der Waals surface area contributed by atoms with E-state index >= 15 is 0 Å². The maximum Gasteiger partial charge on any atom is 0.157 e. The molecule has 2 atom stereocenters. The van der Waals surface area contributed by atoms with Gasteiger partial charge in [0.25, 0.3) is 0 Å². The summed E-state index contributed by atoms with van der Waals surface area (Å²) < 4.78 is 23.2. The molecule has 3 rings (SSSR count). The highest BCUT2D eigenvalue weighted by Crippen LogP contribution is 2.30. The topological polar surface area (TPSA) is 36.9 Å². The number of hydrogen-bond donors (Lipinski definition) is 0. The van der Waals surface area contributed by atoms with Crippen LogP contribution in [0.4, 0.5) is 0 Å². The van der Waals surface area contributed by atoms with Crippen molar-refractivity contribution in [3.63, 3.8) is 0 Å². The molecule has 3 aliphatic rings. The first-order valence-corrected chi connectivity index (χ1v) is 9.36. The van der Waals surface area contributed by atoms with Crippen LogP contribution in [0.3, 0.4) is 0 Å². The largest absolute Gasteiger partial charge is 0.353 e. The molecule has 2 heterocycles. The van der Waals surface area contributed by atoms with Crippen LogP contribution in [0, 0.1) is 11.8 Å². The number of hydrogen-bond acceptors (Lipinski definition) is 4. The van der Waals surface area contributed by atoms with Crippen molar-refractivity contribution in [2.24, 2.45) is 11.8 Å². The molecule has 128 valence electrons. The van der Waals surface area contributed by atoms with E-state index in [0.29, 0.717) is 11.8 Å². The van der Waals surface area contributed by atoms with Gasteiger partial charge in [0, 0.05) is 13.2 Å². The summed E-state index contributed by atoms with van der Waals surface area (Å²) in [6, 6.07) is 0. The molecule has 0 radical (unpaired) electrons. The van der Waals surface area contributed by atoms with E-state index in [1.165, 1.54) is 51.4 Å². The van der Waals surface area contributed by atoms with Crippen molar-refractivity contribution in [3.8, 4) is 0 Å². The van der Waals surface area contributed by atoms with Gasteiger partial charge in [0.15, 0.2) is 12.6 Å². The normalized spacial score (nSPS) is 37.1. The van der Waals surface area contributed by atoms with Crippen molar-refractivity contribution in [3.05, 3.63) is 0 Å². The van der Waals surface area contributed by atoms with Gasteiger partial charge in [-0.3, -0.25) is 0 Å². The van der Waals surface area contributed by atoms with Crippen molar-refractivity contribution < 1.29 is 18.9 Å². The lowest BCUT2D eigenvalue weighted by Gasteiger charge is -2.31. The molecule has 4 heteroatoms. The Hall–Kier alpha value is -0.160. The van der Waals surface area contributed by atoms with Gasteiger partial charge in [0.1, 0.15) is 0 Å². The van der Waals surface area contributed by atoms with E-state index in [0.717, 1.165) is 39.3 Å². The Kier molecular flexibility index (Phi) is 6.99. The Bertz CT molecular complexity index is 259. The van der Waals surface area contributed by atoms with Gasteiger partial charge in [0.2, 0.25) is 0 Å². The minimum absolute atomic E-state index is 0.0678. The molecule has 1 aliphatic carbocycles. The van der Waals surface area contributed by atoms with E-state index in [-0.39, 0.29) is 12.6 Å². The zero-order valence-electron chi connectivity index (χ0n) is 13.8. The predicted octanol–water partition coefficient (Wildman–Crippen LogP) is 3.88. The molecular formula is C18H32O4. The first-order chi connectivity index (χ1) is 10.9. The SMILES string of the molecule is C1CCC(OCC2CCC(COC3CCCCO3)CC2)OC1. The van der Waals surface area contributed by atoms with Crippen LogP contribution in [0.25, 0.3) is 0 Å². The molecule has 0 bridgehead atoms. The third-order valence-corrected chi connectivity index (χ3v) is 5.28. The molecule has 2 saturated heterocycles. The van der Waals surface area contributed by atoms with Crippen LogP contribution in [-0.2, 0) is 18.9 Å². The lowest BCUT2D eigenvalue weighted by atomic mass is 9.83. The second-order valence-electron chi connectivity index (χ2n) is 7.15. The molecule has 22 heavy (non-hydrogen) atoms. The van der Waals surface area contributed by atoms with Gasteiger partial charge in [0.05, 0.1) is 13.2 Å². The molecule has 2 unspecified atom stereocenters. The second kappa shape index (κ2) is 9.21. The fourth-order valence-electron chi connectivity index (χ4n) is 3.74. The summed E-state index contributed by atoms with van der Waals surface area (Å²) in [5.74, 6) is 1.43. The quantitative estimate of drug-likeness (QED) is 0.746. The molecule has 0 spiro atoms. The van der Waals surface area contributed by atoms with E-state index in [4.69, 9.17) is 18.9 Å². The van der Waals surface area contributed by atoms with E-state index in [2.05, 4.69) is 0 Å². The molecule has 0 aromatic heterocycles. The monoisotopic (exact) mass is 312 g/mol. The van der Waals surface area contributed by atoms with Crippen molar-refractivity contribution in [1.29, 1.82) is 0 Å². The molecule has 1 saturated carbocycles. The molecule has 0 aromatic carbocycles. The maximum atomic E-state index is 5.94. The van der Waals surface area contributed by atoms with Crippen LogP contribution < -0.4 is 0 Å². The summed E-state index contributed by atoms with van der Waals surface area (Å²) >= 11 is 0. The summed E-state index contributed by atoms with van der Waals surface area (Å²) in [5, 5.41) is 0. The molecule has 0 aromatic rings. The van der Waals surface area contributed by atoms with Crippen molar-refractivity contribution >= 4 is 0 Å². The van der Waals surface area contributed by atoms with Gasteiger partial charge in [-0.1, -0.05) is 0 Å². The van der Waals surface area contributed by atoms with Gasteiger partial charge in [-0.05, 0) is 76.0 Å².